The van der Waals surface area contributed by atoms with Crippen molar-refractivity contribution in [3.05, 3.63) is 30.4 Å². The number of carbonyl (C=O) groups excluding carboxylic acids is 2. The number of nitrogens with zero attached hydrogens (tertiary/aromatic N) is 3. The van der Waals surface area contributed by atoms with Crippen LogP contribution in [-0.4, -0.2) is 47.0 Å². The van der Waals surface area contributed by atoms with Gasteiger partial charge in [-0.1, -0.05) is 0 Å². The van der Waals surface area contributed by atoms with Gasteiger partial charge in [0.1, 0.15) is 12.1 Å². The quantitative estimate of drug-likeness (QED) is 0.632. The van der Waals surface area contributed by atoms with Gasteiger partial charge in [-0.25, -0.2) is 4.79 Å². The highest BCUT2D eigenvalue weighted by molar-refractivity contribution is 5.96. The van der Waals surface area contributed by atoms with Crippen LogP contribution in [-0.2, 0) is 16.1 Å². The van der Waals surface area contributed by atoms with Crippen molar-refractivity contribution in [2.24, 2.45) is 0 Å². The summed E-state index contributed by atoms with van der Waals surface area (Å²) < 4.78 is 12.3. The highest BCUT2D eigenvalue weighted by Gasteiger charge is 2.18. The summed E-state index contributed by atoms with van der Waals surface area (Å²) in [5.74, 6) is 0.973. The van der Waals surface area contributed by atoms with Gasteiger partial charge in [0, 0.05) is 32.0 Å². The summed E-state index contributed by atoms with van der Waals surface area (Å²) in [6, 6.07) is 4.31. The summed E-state index contributed by atoms with van der Waals surface area (Å²) >= 11 is 0. The van der Waals surface area contributed by atoms with Crippen LogP contribution in [0.2, 0.25) is 0 Å². The second-order valence-electron chi connectivity index (χ2n) is 6.10. The van der Waals surface area contributed by atoms with E-state index in [2.05, 4.69) is 26.1 Å². The van der Waals surface area contributed by atoms with Gasteiger partial charge >= 0.3 is 6.03 Å². The zero-order valence-corrected chi connectivity index (χ0v) is 15.2. The first-order chi connectivity index (χ1) is 13.1. The highest BCUT2D eigenvalue weighted by Crippen LogP contribution is 2.30. The molecule has 3 amide bonds. The molecule has 10 nitrogen and oxygen atoms in total. The minimum absolute atomic E-state index is 0.0432. The molecule has 0 bridgehead atoms. The lowest BCUT2D eigenvalue weighted by Crippen LogP contribution is -2.32. The fourth-order valence-electron chi connectivity index (χ4n) is 2.73. The first-order valence-corrected chi connectivity index (χ1v) is 8.57. The van der Waals surface area contributed by atoms with E-state index in [1.165, 1.54) is 0 Å². The molecule has 1 aromatic carbocycles. The fraction of sp³-hybridized carbons (Fsp3) is 0.412. The summed E-state index contributed by atoms with van der Waals surface area (Å²) in [5, 5.41) is 16.3. The Morgan fingerprint density at radius 1 is 1.48 bits per heavy atom. The fourth-order valence-corrected chi connectivity index (χ4v) is 2.73. The van der Waals surface area contributed by atoms with Crippen LogP contribution in [0.15, 0.2) is 24.5 Å². The van der Waals surface area contributed by atoms with Gasteiger partial charge in [-0.2, -0.15) is 0 Å². The van der Waals surface area contributed by atoms with Gasteiger partial charge in [0.05, 0.1) is 11.7 Å². The maximum absolute atomic E-state index is 12.3. The summed E-state index contributed by atoms with van der Waals surface area (Å²) in [6.45, 7) is 3.14. The van der Waals surface area contributed by atoms with Crippen molar-refractivity contribution in [3.8, 4) is 5.75 Å². The molecular weight excluding hydrogens is 352 g/mol. The van der Waals surface area contributed by atoms with Crippen LogP contribution < -0.4 is 20.7 Å². The zero-order valence-electron chi connectivity index (χ0n) is 15.2. The third kappa shape index (κ3) is 4.73. The van der Waals surface area contributed by atoms with Crippen molar-refractivity contribution >= 4 is 23.3 Å². The SMILES string of the molecule is COCCCn1cnnc1[C@H](C)NC(=O)Nc1ccc2c(c1)OCC(=O)N2. The van der Waals surface area contributed by atoms with E-state index in [0.29, 0.717) is 36.1 Å². The Bertz CT molecular complexity index is 822. The van der Waals surface area contributed by atoms with Gasteiger partial charge in [-0.3, -0.25) is 4.79 Å². The van der Waals surface area contributed by atoms with E-state index in [4.69, 9.17) is 9.47 Å². The first-order valence-electron chi connectivity index (χ1n) is 8.57. The molecule has 2 heterocycles. The van der Waals surface area contributed by atoms with E-state index in [9.17, 15) is 9.59 Å². The molecule has 0 aliphatic carbocycles. The molecular formula is C17H22N6O4. The molecule has 10 heteroatoms. The number of amides is 3. The number of ether oxygens (including phenoxy) is 2. The van der Waals surface area contributed by atoms with E-state index in [0.717, 1.165) is 6.42 Å². The molecule has 0 fully saturated rings. The monoisotopic (exact) mass is 374 g/mol. The summed E-state index contributed by atoms with van der Waals surface area (Å²) in [7, 11) is 1.65. The summed E-state index contributed by atoms with van der Waals surface area (Å²) in [6.07, 6.45) is 2.46. The van der Waals surface area contributed by atoms with Gasteiger partial charge in [0.2, 0.25) is 0 Å². The van der Waals surface area contributed by atoms with Gasteiger partial charge in [-0.05, 0) is 25.5 Å². The predicted octanol–water partition coefficient (Wildman–Crippen LogP) is 1.53. The molecule has 0 radical (unpaired) electrons. The van der Waals surface area contributed by atoms with Crippen molar-refractivity contribution in [2.45, 2.75) is 25.9 Å². The van der Waals surface area contributed by atoms with Crippen molar-refractivity contribution in [1.82, 2.24) is 20.1 Å². The van der Waals surface area contributed by atoms with Crippen molar-refractivity contribution in [3.63, 3.8) is 0 Å². The number of methoxy groups -OCH3 is 1. The third-order valence-electron chi connectivity index (χ3n) is 4.00. The number of rotatable bonds is 7. The van der Waals surface area contributed by atoms with E-state index in [1.54, 1.807) is 31.6 Å². The number of hydrogen-bond acceptors (Lipinski definition) is 6. The Morgan fingerprint density at radius 2 is 2.33 bits per heavy atom. The summed E-state index contributed by atoms with van der Waals surface area (Å²) in [5.41, 5.74) is 1.13. The zero-order chi connectivity index (χ0) is 19.2. The number of carbonyl (C=O) groups is 2. The Kier molecular flexibility index (Phi) is 5.87. The normalized spacial score (nSPS) is 13.9. The van der Waals surface area contributed by atoms with Crippen LogP contribution in [0.1, 0.15) is 25.2 Å². The molecule has 1 aliphatic heterocycles. The Labute approximate surface area is 156 Å². The first kappa shape index (κ1) is 18.6. The van der Waals surface area contributed by atoms with Crippen LogP contribution in [0, 0.1) is 0 Å². The predicted molar refractivity (Wildman–Crippen MR) is 97.7 cm³/mol. The minimum Gasteiger partial charge on any atom is -0.482 e. The lowest BCUT2D eigenvalue weighted by molar-refractivity contribution is -0.118. The van der Waals surface area contributed by atoms with Crippen LogP contribution >= 0.6 is 0 Å². The molecule has 0 unspecified atom stereocenters. The summed E-state index contributed by atoms with van der Waals surface area (Å²) in [4.78, 5) is 23.6. The second-order valence-corrected chi connectivity index (χ2v) is 6.10. The average Bonchev–Trinajstić information content (AvgIpc) is 3.10. The Morgan fingerprint density at radius 3 is 3.15 bits per heavy atom. The van der Waals surface area contributed by atoms with Crippen LogP contribution in [0.3, 0.4) is 0 Å². The number of anilines is 2. The maximum Gasteiger partial charge on any atom is 0.319 e. The molecule has 3 rings (SSSR count). The van der Waals surface area contributed by atoms with E-state index in [-0.39, 0.29) is 24.6 Å². The van der Waals surface area contributed by atoms with E-state index >= 15 is 0 Å². The molecule has 1 atom stereocenters. The highest BCUT2D eigenvalue weighted by atomic mass is 16.5. The number of fused-ring (bicyclic) bond motifs is 1. The Hall–Kier alpha value is -3.14. The van der Waals surface area contributed by atoms with Gasteiger partial charge in [0.25, 0.3) is 5.91 Å². The Balaban J connectivity index is 1.58. The number of hydrogen-bond donors (Lipinski definition) is 3. The smallest absolute Gasteiger partial charge is 0.319 e. The molecule has 3 N–H and O–H groups in total. The molecule has 2 aromatic rings. The number of benzene rings is 1. The molecule has 0 saturated carbocycles. The standard InChI is InChI=1S/C17H22N6O4/c1-11(16-22-18-10-23(16)6-3-7-26-2)19-17(25)20-12-4-5-13-14(8-12)27-9-15(24)21-13/h4-5,8,10-11H,3,6-7,9H2,1-2H3,(H,21,24)(H2,19,20,25)/t11-/m0/s1. The molecule has 1 aliphatic rings. The van der Waals surface area contributed by atoms with Gasteiger partial charge in [0.15, 0.2) is 12.4 Å². The largest absolute Gasteiger partial charge is 0.482 e. The van der Waals surface area contributed by atoms with Gasteiger partial charge in [-0.15, -0.1) is 10.2 Å². The molecule has 144 valence electrons. The lowest BCUT2D eigenvalue weighted by Gasteiger charge is -2.19. The number of urea groups is 1. The van der Waals surface area contributed by atoms with Crippen molar-refractivity contribution < 1.29 is 19.1 Å². The van der Waals surface area contributed by atoms with E-state index < -0.39 is 0 Å². The lowest BCUT2D eigenvalue weighted by atomic mass is 10.2. The number of nitrogens with one attached hydrogen (secondary N) is 3. The van der Waals surface area contributed by atoms with Crippen LogP contribution in [0.4, 0.5) is 16.2 Å². The number of aromatic nitrogens is 3. The average molecular weight is 374 g/mol. The molecule has 1 aromatic heterocycles. The van der Waals surface area contributed by atoms with Crippen molar-refractivity contribution in [1.29, 1.82) is 0 Å². The van der Waals surface area contributed by atoms with E-state index in [1.807, 2.05) is 11.5 Å². The third-order valence-corrected chi connectivity index (χ3v) is 4.00. The molecule has 0 saturated heterocycles. The van der Waals surface area contributed by atoms with Crippen LogP contribution in [0.5, 0.6) is 5.75 Å². The molecule has 0 spiro atoms. The van der Waals surface area contributed by atoms with Gasteiger partial charge < -0.3 is 30.0 Å². The van der Waals surface area contributed by atoms with Crippen molar-refractivity contribution in [2.75, 3.05) is 31.0 Å². The maximum atomic E-state index is 12.3. The minimum atomic E-state index is -0.381. The number of aryl methyl sites for hydroxylation is 1. The van der Waals surface area contributed by atoms with Crippen LogP contribution in [0.25, 0.3) is 0 Å². The topological polar surface area (TPSA) is 119 Å². The second kappa shape index (κ2) is 8.49. The molecule has 27 heavy (non-hydrogen) atoms.